The van der Waals surface area contributed by atoms with Gasteiger partial charge in [0.05, 0.1) is 5.69 Å². The van der Waals surface area contributed by atoms with Crippen molar-refractivity contribution >= 4 is 5.91 Å². The second kappa shape index (κ2) is 5.95. The van der Waals surface area contributed by atoms with Gasteiger partial charge in [0.25, 0.3) is 5.56 Å². The van der Waals surface area contributed by atoms with Crippen LogP contribution in [0.15, 0.2) is 10.9 Å². The molecule has 7 nitrogen and oxygen atoms in total. The van der Waals surface area contributed by atoms with Crippen LogP contribution in [-0.2, 0) is 24.3 Å². The number of nitrogens with one attached hydrogen (secondary N) is 1. The minimum Gasteiger partial charge on any atom is -0.339 e. The van der Waals surface area contributed by atoms with Crippen molar-refractivity contribution in [1.82, 2.24) is 24.9 Å². The Morgan fingerprint density at radius 1 is 1.33 bits per heavy atom. The summed E-state index contributed by atoms with van der Waals surface area (Å²) in [5.74, 6) is -0.0217. The van der Waals surface area contributed by atoms with Crippen LogP contribution in [0.2, 0.25) is 0 Å². The van der Waals surface area contributed by atoms with Crippen molar-refractivity contribution in [1.29, 1.82) is 0 Å². The van der Waals surface area contributed by atoms with E-state index in [4.69, 9.17) is 0 Å². The maximum Gasteiger partial charge on any atom is 0.267 e. The van der Waals surface area contributed by atoms with Crippen molar-refractivity contribution in [3.8, 4) is 0 Å². The predicted octanol–water partition coefficient (Wildman–Crippen LogP) is -1.34. The minimum absolute atomic E-state index is 0.0217. The number of hydrogen-bond donors (Lipinski definition) is 1. The fourth-order valence-corrected chi connectivity index (χ4v) is 2.76. The van der Waals surface area contributed by atoms with Gasteiger partial charge in [-0.1, -0.05) is 0 Å². The summed E-state index contributed by atoms with van der Waals surface area (Å²) < 4.78 is 1.31. The average molecular weight is 291 g/mol. The second-order valence-corrected chi connectivity index (χ2v) is 5.72. The van der Waals surface area contributed by atoms with Crippen LogP contribution in [-0.4, -0.2) is 65.3 Å². The van der Waals surface area contributed by atoms with Gasteiger partial charge in [-0.25, -0.2) is 4.68 Å². The SMILES string of the molecule is CN1CCN(C(=O)Cn2nc3c(cc2=O)CNCC3)CC1. The molecule has 1 fully saturated rings. The molecule has 1 saturated heterocycles. The molecule has 1 aromatic rings. The van der Waals surface area contributed by atoms with Gasteiger partial charge in [0.2, 0.25) is 5.91 Å². The first kappa shape index (κ1) is 14.2. The molecule has 0 aliphatic carbocycles. The molecule has 2 aliphatic rings. The van der Waals surface area contributed by atoms with Crippen molar-refractivity contribution < 1.29 is 4.79 Å². The van der Waals surface area contributed by atoms with E-state index in [0.29, 0.717) is 6.54 Å². The summed E-state index contributed by atoms with van der Waals surface area (Å²) in [5, 5.41) is 7.59. The number of rotatable bonds is 2. The molecular weight excluding hydrogens is 270 g/mol. The van der Waals surface area contributed by atoms with E-state index in [9.17, 15) is 9.59 Å². The zero-order valence-electron chi connectivity index (χ0n) is 12.3. The lowest BCUT2D eigenvalue weighted by Crippen LogP contribution is -2.49. The van der Waals surface area contributed by atoms with Crippen LogP contribution in [0.3, 0.4) is 0 Å². The van der Waals surface area contributed by atoms with Gasteiger partial charge in [0.1, 0.15) is 6.54 Å². The number of carbonyl (C=O) groups excluding carboxylic acids is 1. The number of amides is 1. The van der Waals surface area contributed by atoms with E-state index in [-0.39, 0.29) is 18.0 Å². The Balaban J connectivity index is 1.72. The van der Waals surface area contributed by atoms with Crippen LogP contribution in [0.1, 0.15) is 11.3 Å². The van der Waals surface area contributed by atoms with Crippen LogP contribution in [0.4, 0.5) is 0 Å². The molecule has 7 heteroatoms. The lowest BCUT2D eigenvalue weighted by Gasteiger charge is -2.32. The molecule has 21 heavy (non-hydrogen) atoms. The third kappa shape index (κ3) is 3.14. The maximum atomic E-state index is 12.3. The summed E-state index contributed by atoms with van der Waals surface area (Å²) in [6.07, 6.45) is 0.804. The van der Waals surface area contributed by atoms with E-state index in [1.54, 1.807) is 6.07 Å². The molecule has 114 valence electrons. The number of aromatic nitrogens is 2. The molecule has 0 radical (unpaired) electrons. The highest BCUT2D eigenvalue weighted by Gasteiger charge is 2.21. The van der Waals surface area contributed by atoms with Crippen LogP contribution >= 0.6 is 0 Å². The molecule has 0 spiro atoms. The van der Waals surface area contributed by atoms with Crippen molar-refractivity contribution in [2.75, 3.05) is 39.8 Å². The highest BCUT2D eigenvalue weighted by atomic mass is 16.2. The van der Waals surface area contributed by atoms with Gasteiger partial charge in [-0.2, -0.15) is 5.10 Å². The Labute approximate surface area is 123 Å². The molecule has 0 unspecified atom stereocenters. The average Bonchev–Trinajstić information content (AvgIpc) is 2.48. The first-order valence-electron chi connectivity index (χ1n) is 7.40. The van der Waals surface area contributed by atoms with Crippen LogP contribution in [0, 0.1) is 0 Å². The Kier molecular flexibility index (Phi) is 4.03. The van der Waals surface area contributed by atoms with E-state index < -0.39 is 0 Å². The molecular formula is C14H21N5O2. The van der Waals surface area contributed by atoms with Crippen molar-refractivity contribution in [3.63, 3.8) is 0 Å². The normalized spacial score (nSPS) is 19.4. The first-order valence-corrected chi connectivity index (χ1v) is 7.40. The quantitative estimate of drug-likeness (QED) is 0.730. The minimum atomic E-state index is -0.195. The maximum absolute atomic E-state index is 12.3. The van der Waals surface area contributed by atoms with E-state index in [0.717, 1.165) is 50.4 Å². The Morgan fingerprint density at radius 3 is 2.86 bits per heavy atom. The Morgan fingerprint density at radius 2 is 2.10 bits per heavy atom. The molecule has 1 N–H and O–H groups in total. The van der Waals surface area contributed by atoms with Crippen molar-refractivity contribution in [2.45, 2.75) is 19.5 Å². The summed E-state index contributed by atoms with van der Waals surface area (Å²) >= 11 is 0. The van der Waals surface area contributed by atoms with Gasteiger partial charge in [-0.15, -0.1) is 0 Å². The summed E-state index contributed by atoms with van der Waals surface area (Å²) in [7, 11) is 2.05. The van der Waals surface area contributed by atoms with Crippen molar-refractivity contribution in [3.05, 3.63) is 27.7 Å². The van der Waals surface area contributed by atoms with Gasteiger partial charge in [-0.3, -0.25) is 9.59 Å². The van der Waals surface area contributed by atoms with E-state index in [2.05, 4.69) is 15.3 Å². The standard InChI is InChI=1S/C14H21N5O2/c1-17-4-6-18(7-5-17)14(21)10-19-13(20)8-11-9-15-3-2-12(11)16-19/h8,15H,2-7,9-10H2,1H3. The number of piperazine rings is 1. The van der Waals surface area contributed by atoms with Gasteiger partial charge in [-0.05, 0) is 12.6 Å². The summed E-state index contributed by atoms with van der Waals surface area (Å²) in [4.78, 5) is 28.4. The molecule has 2 aliphatic heterocycles. The first-order chi connectivity index (χ1) is 10.1. The number of hydrogen-bond acceptors (Lipinski definition) is 5. The molecule has 3 rings (SSSR count). The van der Waals surface area contributed by atoms with Crippen LogP contribution in [0.5, 0.6) is 0 Å². The molecule has 0 saturated carbocycles. The molecule has 0 bridgehead atoms. The third-order valence-corrected chi connectivity index (χ3v) is 4.16. The zero-order chi connectivity index (χ0) is 14.8. The van der Waals surface area contributed by atoms with Gasteiger partial charge < -0.3 is 15.1 Å². The molecule has 0 aromatic carbocycles. The lowest BCUT2D eigenvalue weighted by atomic mass is 10.1. The van der Waals surface area contributed by atoms with Gasteiger partial charge in [0.15, 0.2) is 0 Å². The highest BCUT2D eigenvalue weighted by molar-refractivity contribution is 5.76. The Hall–Kier alpha value is -1.73. The number of fused-ring (bicyclic) bond motifs is 1. The molecule has 3 heterocycles. The Bertz CT molecular complexity index is 590. The van der Waals surface area contributed by atoms with Gasteiger partial charge >= 0.3 is 0 Å². The summed E-state index contributed by atoms with van der Waals surface area (Å²) in [5.41, 5.74) is 1.69. The van der Waals surface area contributed by atoms with E-state index >= 15 is 0 Å². The van der Waals surface area contributed by atoms with Gasteiger partial charge in [0, 0.05) is 51.8 Å². The number of carbonyl (C=O) groups is 1. The van der Waals surface area contributed by atoms with E-state index in [1.807, 2.05) is 11.9 Å². The lowest BCUT2D eigenvalue weighted by molar-refractivity contribution is -0.133. The summed E-state index contributed by atoms with van der Waals surface area (Å²) in [6, 6.07) is 1.60. The fraction of sp³-hybridized carbons (Fsp3) is 0.643. The van der Waals surface area contributed by atoms with Crippen molar-refractivity contribution in [2.24, 2.45) is 0 Å². The van der Waals surface area contributed by atoms with Crippen LogP contribution in [0.25, 0.3) is 0 Å². The fourth-order valence-electron chi connectivity index (χ4n) is 2.76. The molecule has 0 atom stereocenters. The molecule has 1 aromatic heterocycles. The second-order valence-electron chi connectivity index (χ2n) is 5.72. The topological polar surface area (TPSA) is 70.5 Å². The van der Waals surface area contributed by atoms with E-state index in [1.165, 1.54) is 4.68 Å². The highest BCUT2D eigenvalue weighted by Crippen LogP contribution is 2.08. The number of nitrogens with zero attached hydrogens (tertiary/aromatic N) is 4. The third-order valence-electron chi connectivity index (χ3n) is 4.16. The predicted molar refractivity (Wildman–Crippen MR) is 78.0 cm³/mol. The number of likely N-dealkylation sites (N-methyl/N-ethyl adjacent to an activating group) is 1. The largest absolute Gasteiger partial charge is 0.339 e. The monoisotopic (exact) mass is 291 g/mol. The van der Waals surface area contributed by atoms with Crippen LogP contribution < -0.4 is 10.9 Å². The zero-order valence-corrected chi connectivity index (χ0v) is 12.3. The summed E-state index contributed by atoms with van der Waals surface area (Å²) in [6.45, 7) is 4.80. The molecule has 1 amide bonds. The smallest absolute Gasteiger partial charge is 0.267 e.